The molecule has 2 rings (SSSR count). The van der Waals surface area contributed by atoms with Gasteiger partial charge in [-0.2, -0.15) is 5.10 Å². The number of rotatable bonds is 13. The third kappa shape index (κ3) is 9.10. The van der Waals surface area contributed by atoms with Crippen molar-refractivity contribution in [2.45, 2.75) is 58.3 Å². The summed E-state index contributed by atoms with van der Waals surface area (Å²) in [5, 5.41) is 4.54. The molecule has 0 aliphatic rings. The van der Waals surface area contributed by atoms with Crippen molar-refractivity contribution in [3.8, 4) is 11.5 Å². The predicted molar refractivity (Wildman–Crippen MR) is 128 cm³/mol. The lowest BCUT2D eigenvalue weighted by Gasteiger charge is -2.10. The molecule has 1 amide bonds. The Morgan fingerprint density at radius 2 is 1.66 bits per heavy atom. The van der Waals surface area contributed by atoms with Gasteiger partial charge in [0.2, 0.25) is 5.91 Å². The number of hydrazone groups is 1. The lowest BCUT2D eigenvalue weighted by Crippen LogP contribution is -2.16. The van der Waals surface area contributed by atoms with Crippen LogP contribution < -0.4 is 14.9 Å². The molecule has 0 aliphatic heterocycles. The average Bonchev–Trinajstić information content (AvgIpc) is 2.79. The molecule has 0 saturated carbocycles. The summed E-state index contributed by atoms with van der Waals surface area (Å²) < 4.78 is 10.7. The van der Waals surface area contributed by atoms with E-state index in [9.17, 15) is 9.59 Å². The summed E-state index contributed by atoms with van der Waals surface area (Å²) in [6, 6.07) is 11.4. The summed E-state index contributed by atoms with van der Waals surface area (Å²) in [7, 11) is 1.49. The van der Waals surface area contributed by atoms with Crippen LogP contribution in [0.25, 0.3) is 0 Å². The maximum Gasteiger partial charge on any atom is 0.343 e. The molecule has 0 atom stereocenters. The van der Waals surface area contributed by atoms with E-state index in [-0.39, 0.29) is 11.7 Å². The van der Waals surface area contributed by atoms with Crippen molar-refractivity contribution >= 4 is 29.7 Å². The number of carbonyl (C=O) groups excluding carboxylic acids is 2. The standard InChI is InChI=1S/C25H31ClN2O4/c1-3-4-5-6-7-8-9-10-24(29)28-27-18-19-11-16-22(23(17-19)31-2)32-25(30)20-12-14-21(26)15-13-20/h11-18H,3-10H2,1-2H3,(H,28,29)/b27-18-. The van der Waals surface area contributed by atoms with Crippen molar-refractivity contribution in [1.82, 2.24) is 5.43 Å². The lowest BCUT2D eigenvalue weighted by molar-refractivity contribution is -0.121. The summed E-state index contributed by atoms with van der Waals surface area (Å²) in [4.78, 5) is 24.2. The number of nitrogens with zero attached hydrogens (tertiary/aromatic N) is 1. The zero-order chi connectivity index (χ0) is 23.2. The third-order valence-electron chi connectivity index (χ3n) is 4.88. The number of benzene rings is 2. The highest BCUT2D eigenvalue weighted by Crippen LogP contribution is 2.28. The second-order valence-electron chi connectivity index (χ2n) is 7.47. The first-order chi connectivity index (χ1) is 15.5. The Hall–Kier alpha value is -2.86. The van der Waals surface area contributed by atoms with E-state index in [1.165, 1.54) is 45.4 Å². The maximum absolute atomic E-state index is 12.3. The summed E-state index contributed by atoms with van der Waals surface area (Å²) >= 11 is 5.84. The average molecular weight is 459 g/mol. The van der Waals surface area contributed by atoms with Crippen LogP contribution in [0.4, 0.5) is 0 Å². The van der Waals surface area contributed by atoms with Gasteiger partial charge in [-0.1, -0.05) is 57.0 Å². The number of nitrogens with one attached hydrogen (secondary N) is 1. The number of methoxy groups -OCH3 is 1. The van der Waals surface area contributed by atoms with Crippen LogP contribution in [0.3, 0.4) is 0 Å². The van der Waals surface area contributed by atoms with Gasteiger partial charge in [0.05, 0.1) is 18.9 Å². The molecular weight excluding hydrogens is 428 g/mol. The van der Waals surface area contributed by atoms with Gasteiger partial charge >= 0.3 is 5.97 Å². The first-order valence-electron chi connectivity index (χ1n) is 11.0. The molecule has 0 aromatic heterocycles. The highest BCUT2D eigenvalue weighted by atomic mass is 35.5. The fourth-order valence-electron chi connectivity index (χ4n) is 3.07. The number of carbonyl (C=O) groups is 2. The Labute approximate surface area is 195 Å². The molecule has 1 N–H and O–H groups in total. The van der Waals surface area contributed by atoms with Crippen LogP contribution in [0.15, 0.2) is 47.6 Å². The van der Waals surface area contributed by atoms with Crippen LogP contribution in [0.1, 0.15) is 74.2 Å². The second-order valence-corrected chi connectivity index (χ2v) is 7.91. The summed E-state index contributed by atoms with van der Waals surface area (Å²) in [6.07, 6.45) is 10.1. The fourth-order valence-corrected chi connectivity index (χ4v) is 3.20. The zero-order valence-corrected chi connectivity index (χ0v) is 19.5. The van der Waals surface area contributed by atoms with Gasteiger partial charge < -0.3 is 9.47 Å². The largest absolute Gasteiger partial charge is 0.493 e. The van der Waals surface area contributed by atoms with E-state index in [4.69, 9.17) is 21.1 Å². The molecule has 6 nitrogen and oxygen atoms in total. The van der Waals surface area contributed by atoms with Gasteiger partial charge in [-0.25, -0.2) is 10.2 Å². The van der Waals surface area contributed by atoms with Crippen molar-refractivity contribution < 1.29 is 19.1 Å². The minimum atomic E-state index is -0.515. The van der Waals surface area contributed by atoms with Crippen LogP contribution in [0.2, 0.25) is 5.02 Å². The maximum atomic E-state index is 12.3. The van der Waals surface area contributed by atoms with Crippen molar-refractivity contribution in [2.75, 3.05) is 7.11 Å². The molecule has 2 aromatic rings. The van der Waals surface area contributed by atoms with Crippen LogP contribution in [-0.2, 0) is 4.79 Å². The summed E-state index contributed by atoms with van der Waals surface area (Å²) in [5.74, 6) is 0.0486. The molecule has 2 aromatic carbocycles. The van der Waals surface area contributed by atoms with Gasteiger partial charge in [0.15, 0.2) is 11.5 Å². The molecular formula is C25H31ClN2O4. The van der Waals surface area contributed by atoms with Crippen molar-refractivity contribution in [3.63, 3.8) is 0 Å². The molecule has 32 heavy (non-hydrogen) atoms. The number of halogens is 1. The normalized spacial score (nSPS) is 10.8. The van der Waals surface area contributed by atoms with Crippen LogP contribution >= 0.6 is 11.6 Å². The summed E-state index contributed by atoms with van der Waals surface area (Å²) in [6.45, 7) is 2.20. The van der Waals surface area contributed by atoms with Crippen molar-refractivity contribution in [3.05, 3.63) is 58.6 Å². The monoisotopic (exact) mass is 458 g/mol. The zero-order valence-electron chi connectivity index (χ0n) is 18.7. The van der Waals surface area contributed by atoms with Crippen LogP contribution in [0, 0.1) is 0 Å². The van der Waals surface area contributed by atoms with Crippen LogP contribution in [-0.4, -0.2) is 25.2 Å². The Balaban J connectivity index is 1.81. The highest BCUT2D eigenvalue weighted by molar-refractivity contribution is 6.30. The van der Waals surface area contributed by atoms with Gasteiger partial charge in [0, 0.05) is 11.4 Å². The van der Waals surface area contributed by atoms with E-state index in [0.717, 1.165) is 12.8 Å². The van der Waals surface area contributed by atoms with E-state index >= 15 is 0 Å². The number of esters is 1. The number of hydrogen-bond acceptors (Lipinski definition) is 5. The van der Waals surface area contributed by atoms with E-state index in [2.05, 4.69) is 17.5 Å². The quantitative estimate of drug-likeness (QED) is 0.128. The number of hydrogen-bond donors (Lipinski definition) is 1. The molecule has 172 valence electrons. The van der Waals surface area contributed by atoms with Crippen LogP contribution in [0.5, 0.6) is 11.5 Å². The van der Waals surface area contributed by atoms with E-state index in [1.54, 1.807) is 42.5 Å². The number of ether oxygens (including phenoxy) is 2. The van der Waals surface area contributed by atoms with E-state index in [0.29, 0.717) is 28.3 Å². The molecule has 0 saturated heterocycles. The van der Waals surface area contributed by atoms with Gasteiger partial charge in [0.1, 0.15) is 0 Å². The van der Waals surface area contributed by atoms with Crippen molar-refractivity contribution in [1.29, 1.82) is 0 Å². The minimum absolute atomic E-state index is 0.102. The van der Waals surface area contributed by atoms with Crippen molar-refractivity contribution in [2.24, 2.45) is 5.10 Å². The topological polar surface area (TPSA) is 77.0 Å². The molecule has 7 heteroatoms. The summed E-state index contributed by atoms with van der Waals surface area (Å²) in [5.41, 5.74) is 3.63. The molecule has 0 spiro atoms. The molecule has 0 heterocycles. The van der Waals surface area contributed by atoms with E-state index in [1.807, 2.05) is 0 Å². The number of unbranched alkanes of at least 4 members (excludes halogenated alkanes) is 6. The Morgan fingerprint density at radius 1 is 0.969 bits per heavy atom. The fraction of sp³-hybridized carbons (Fsp3) is 0.400. The number of amides is 1. The molecule has 0 radical (unpaired) electrons. The Bertz CT molecular complexity index is 897. The molecule has 0 aliphatic carbocycles. The molecule has 0 unspecified atom stereocenters. The Kier molecular flexibility index (Phi) is 11.3. The second kappa shape index (κ2) is 14.2. The lowest BCUT2D eigenvalue weighted by atomic mass is 10.1. The first-order valence-corrected chi connectivity index (χ1v) is 11.4. The molecule has 0 bridgehead atoms. The van der Waals surface area contributed by atoms with Gasteiger partial charge in [-0.15, -0.1) is 0 Å². The molecule has 0 fully saturated rings. The predicted octanol–water partition coefficient (Wildman–Crippen LogP) is 6.16. The van der Waals surface area contributed by atoms with E-state index < -0.39 is 5.97 Å². The first kappa shape index (κ1) is 25.4. The van der Waals surface area contributed by atoms with Gasteiger partial charge in [0.25, 0.3) is 0 Å². The van der Waals surface area contributed by atoms with Gasteiger partial charge in [-0.3, -0.25) is 4.79 Å². The minimum Gasteiger partial charge on any atom is -0.493 e. The Morgan fingerprint density at radius 3 is 2.34 bits per heavy atom. The van der Waals surface area contributed by atoms with Gasteiger partial charge in [-0.05, 0) is 54.4 Å². The third-order valence-corrected chi connectivity index (χ3v) is 5.13. The SMILES string of the molecule is CCCCCCCCCC(=O)N/N=C\c1ccc(OC(=O)c2ccc(Cl)cc2)c(OC)c1. The smallest absolute Gasteiger partial charge is 0.343 e. The highest BCUT2D eigenvalue weighted by Gasteiger charge is 2.13.